The molecule has 0 aliphatic rings. The number of halogens is 2. The number of hydrogen-bond acceptors (Lipinski definition) is 1. The predicted octanol–water partition coefficient (Wildman–Crippen LogP) is 4.57. The number of aryl methyl sites for hydroxylation is 1. The maximum atomic E-state index is 13.9. The van der Waals surface area contributed by atoms with E-state index in [2.05, 4.69) is 15.9 Å². The van der Waals surface area contributed by atoms with E-state index in [1.807, 2.05) is 25.1 Å². The lowest BCUT2D eigenvalue weighted by Crippen LogP contribution is -1.92. The Hall–Kier alpha value is -1.35. The van der Waals surface area contributed by atoms with E-state index in [1.54, 1.807) is 19.2 Å². The van der Waals surface area contributed by atoms with Gasteiger partial charge >= 0.3 is 0 Å². The van der Waals surface area contributed by atoms with E-state index in [0.29, 0.717) is 11.3 Å². The van der Waals surface area contributed by atoms with Crippen molar-refractivity contribution in [3.63, 3.8) is 0 Å². The molecular formula is C14H12BrFO. The average Bonchev–Trinajstić information content (AvgIpc) is 2.32. The summed E-state index contributed by atoms with van der Waals surface area (Å²) in [7, 11) is 1.54. The molecule has 0 aliphatic heterocycles. The van der Waals surface area contributed by atoms with E-state index in [0.717, 1.165) is 15.6 Å². The normalized spacial score (nSPS) is 10.4. The van der Waals surface area contributed by atoms with E-state index in [-0.39, 0.29) is 5.82 Å². The van der Waals surface area contributed by atoms with Crippen LogP contribution in [0, 0.1) is 12.7 Å². The van der Waals surface area contributed by atoms with Gasteiger partial charge in [0.05, 0.1) is 12.7 Å². The molecule has 17 heavy (non-hydrogen) atoms. The second-order valence-electron chi connectivity index (χ2n) is 3.80. The highest BCUT2D eigenvalue weighted by Gasteiger charge is 2.14. The van der Waals surface area contributed by atoms with Gasteiger partial charge in [-0.3, -0.25) is 0 Å². The summed E-state index contributed by atoms with van der Waals surface area (Å²) in [4.78, 5) is 0. The fourth-order valence-electron chi connectivity index (χ4n) is 1.77. The van der Waals surface area contributed by atoms with Crippen molar-refractivity contribution in [2.24, 2.45) is 0 Å². The minimum atomic E-state index is -0.282. The van der Waals surface area contributed by atoms with Crippen molar-refractivity contribution in [1.82, 2.24) is 0 Å². The van der Waals surface area contributed by atoms with Gasteiger partial charge < -0.3 is 4.74 Å². The first-order valence-corrected chi connectivity index (χ1v) is 6.02. The number of rotatable bonds is 2. The minimum Gasteiger partial charge on any atom is -0.496 e. The second kappa shape index (κ2) is 4.88. The fourth-order valence-corrected chi connectivity index (χ4v) is 2.21. The molecule has 0 aliphatic carbocycles. The SMILES string of the molecule is COc1cccc(F)c1-c1cc(C)ccc1Br. The molecule has 3 heteroatoms. The molecule has 0 saturated carbocycles. The summed E-state index contributed by atoms with van der Waals surface area (Å²) >= 11 is 3.44. The average molecular weight is 295 g/mol. The fraction of sp³-hybridized carbons (Fsp3) is 0.143. The van der Waals surface area contributed by atoms with E-state index in [4.69, 9.17) is 4.74 Å². The molecule has 2 aromatic carbocycles. The maximum absolute atomic E-state index is 13.9. The van der Waals surface area contributed by atoms with Crippen molar-refractivity contribution in [3.05, 3.63) is 52.3 Å². The van der Waals surface area contributed by atoms with Crippen LogP contribution >= 0.6 is 15.9 Å². The van der Waals surface area contributed by atoms with Gasteiger partial charge in [0.2, 0.25) is 0 Å². The Morgan fingerprint density at radius 3 is 2.65 bits per heavy atom. The number of hydrogen-bond donors (Lipinski definition) is 0. The lowest BCUT2D eigenvalue weighted by Gasteiger charge is -2.12. The zero-order valence-electron chi connectivity index (χ0n) is 9.63. The molecular weight excluding hydrogens is 283 g/mol. The van der Waals surface area contributed by atoms with Crippen molar-refractivity contribution < 1.29 is 9.13 Å². The highest BCUT2D eigenvalue weighted by Crippen LogP contribution is 2.37. The summed E-state index contributed by atoms with van der Waals surface area (Å²) in [5.41, 5.74) is 2.37. The van der Waals surface area contributed by atoms with Crippen LogP contribution in [0.15, 0.2) is 40.9 Å². The first-order valence-electron chi connectivity index (χ1n) is 5.22. The van der Waals surface area contributed by atoms with Crippen LogP contribution in [0.25, 0.3) is 11.1 Å². The summed E-state index contributed by atoms with van der Waals surface area (Å²) in [6.07, 6.45) is 0. The summed E-state index contributed by atoms with van der Waals surface area (Å²) in [5.74, 6) is 0.256. The third-order valence-corrected chi connectivity index (χ3v) is 3.28. The van der Waals surface area contributed by atoms with Crippen LogP contribution in [0.1, 0.15) is 5.56 Å². The molecule has 0 atom stereocenters. The summed E-state index contributed by atoms with van der Waals surface area (Å²) in [6, 6.07) is 10.7. The van der Waals surface area contributed by atoms with Crippen LogP contribution in [0.4, 0.5) is 4.39 Å². The Kier molecular flexibility index (Phi) is 3.48. The molecule has 2 rings (SSSR count). The first kappa shape index (κ1) is 12.1. The molecule has 0 aromatic heterocycles. The third kappa shape index (κ3) is 2.34. The number of ether oxygens (including phenoxy) is 1. The second-order valence-corrected chi connectivity index (χ2v) is 4.65. The Bertz CT molecular complexity index is 552. The topological polar surface area (TPSA) is 9.23 Å². The van der Waals surface area contributed by atoms with Gasteiger partial charge in [0.1, 0.15) is 11.6 Å². The zero-order valence-corrected chi connectivity index (χ0v) is 11.2. The van der Waals surface area contributed by atoms with Gasteiger partial charge in [0.15, 0.2) is 0 Å². The lowest BCUT2D eigenvalue weighted by molar-refractivity contribution is 0.413. The lowest BCUT2D eigenvalue weighted by atomic mass is 10.0. The summed E-state index contributed by atoms with van der Waals surface area (Å²) in [5, 5.41) is 0. The Morgan fingerprint density at radius 1 is 1.18 bits per heavy atom. The van der Waals surface area contributed by atoms with Gasteiger partial charge in [-0.2, -0.15) is 0 Å². The van der Waals surface area contributed by atoms with Crippen LogP contribution in [0.3, 0.4) is 0 Å². The molecule has 0 fully saturated rings. The third-order valence-electron chi connectivity index (χ3n) is 2.59. The smallest absolute Gasteiger partial charge is 0.134 e. The van der Waals surface area contributed by atoms with Crippen LogP contribution in [0.2, 0.25) is 0 Å². The Morgan fingerprint density at radius 2 is 1.94 bits per heavy atom. The van der Waals surface area contributed by atoms with Gasteiger partial charge in [-0.25, -0.2) is 4.39 Å². The van der Waals surface area contributed by atoms with Crippen LogP contribution in [0.5, 0.6) is 5.75 Å². The first-order chi connectivity index (χ1) is 8.13. The van der Waals surface area contributed by atoms with E-state index in [1.165, 1.54) is 6.07 Å². The standard InChI is InChI=1S/C14H12BrFO/c1-9-6-7-11(15)10(8-9)14-12(16)4-3-5-13(14)17-2/h3-8H,1-2H3. The molecule has 0 amide bonds. The van der Waals surface area contributed by atoms with Gasteiger partial charge in [-0.1, -0.05) is 39.7 Å². The Balaban J connectivity index is 2.71. The quantitative estimate of drug-likeness (QED) is 0.788. The van der Waals surface area contributed by atoms with Gasteiger partial charge in [-0.05, 0) is 25.1 Å². The van der Waals surface area contributed by atoms with Crippen LogP contribution < -0.4 is 4.74 Å². The van der Waals surface area contributed by atoms with Crippen molar-refractivity contribution in [3.8, 4) is 16.9 Å². The molecule has 0 bridgehead atoms. The van der Waals surface area contributed by atoms with Crippen LogP contribution in [-0.2, 0) is 0 Å². The molecule has 0 saturated heterocycles. The van der Waals surface area contributed by atoms with Crippen molar-refractivity contribution in [2.45, 2.75) is 6.92 Å². The number of benzene rings is 2. The van der Waals surface area contributed by atoms with Gasteiger partial charge in [0, 0.05) is 10.0 Å². The van der Waals surface area contributed by atoms with Crippen molar-refractivity contribution in [2.75, 3.05) is 7.11 Å². The molecule has 2 aromatic rings. The summed E-state index contributed by atoms with van der Waals surface area (Å²) in [6.45, 7) is 1.98. The zero-order chi connectivity index (χ0) is 12.4. The van der Waals surface area contributed by atoms with Crippen molar-refractivity contribution in [1.29, 1.82) is 0 Å². The molecule has 0 unspecified atom stereocenters. The number of methoxy groups -OCH3 is 1. The van der Waals surface area contributed by atoms with E-state index < -0.39 is 0 Å². The molecule has 1 nitrogen and oxygen atoms in total. The Labute approximate surface area is 108 Å². The molecule has 0 radical (unpaired) electrons. The maximum Gasteiger partial charge on any atom is 0.134 e. The highest BCUT2D eigenvalue weighted by atomic mass is 79.9. The molecule has 0 N–H and O–H groups in total. The summed E-state index contributed by atoms with van der Waals surface area (Å²) < 4.78 is 20.0. The van der Waals surface area contributed by atoms with Gasteiger partial charge in [-0.15, -0.1) is 0 Å². The molecule has 0 heterocycles. The van der Waals surface area contributed by atoms with E-state index >= 15 is 0 Å². The predicted molar refractivity (Wildman–Crippen MR) is 70.8 cm³/mol. The van der Waals surface area contributed by atoms with E-state index in [9.17, 15) is 4.39 Å². The molecule has 88 valence electrons. The van der Waals surface area contributed by atoms with Crippen molar-refractivity contribution >= 4 is 15.9 Å². The van der Waals surface area contributed by atoms with Crippen LogP contribution in [-0.4, -0.2) is 7.11 Å². The monoisotopic (exact) mass is 294 g/mol. The largest absolute Gasteiger partial charge is 0.496 e. The minimum absolute atomic E-state index is 0.282. The highest BCUT2D eigenvalue weighted by molar-refractivity contribution is 9.10. The van der Waals surface area contributed by atoms with Gasteiger partial charge in [0.25, 0.3) is 0 Å². The molecule has 0 spiro atoms.